The number of halogens is 6. The van der Waals surface area contributed by atoms with Crippen molar-refractivity contribution >= 4 is 99.3 Å². The summed E-state index contributed by atoms with van der Waals surface area (Å²) in [5.74, 6) is -9.51. The Morgan fingerprint density at radius 1 is 0.559 bits per heavy atom. The standard InChI is InChI=1S/C18H28FN4O9P.C17H26FN4O10P.C17H24FN4O9P.C13H17FN2O6.C5H10Cl2NO3P.C2H2.2CH4.H2/c1-5-13(25)32-15-11(9-29-33(20,28)21-8-14(26)30-10(2)3)31-16(18(15,4)19)23-7-6-12(24)22-17(23)27;1-9(2)30-13(25)7-20-33(27,28)29-8-10-14(32-12(24)6-19)17(3,18)15(31-10)22-5-4-11(23)21-16(22)26;1-9(2)29-12(24)6-19-32(27)20-7-13(25)31-14-10(8-28-32)30-15(17(14,3)18)22-5-4-11(23)21-16(22)26;1-3-9(19)22-10-7(6-17)21-11(13(10,2)14)16-5-4-8(18)15-12(16)20;1-4(2)11-5(9)3-8-12(6,7)10;1-2;;;/h6-7,10-11,15-16H,5,8-9H2,1-4H3,(H3,20,21,28)(H,22,24,27);4-5,9-10,14-15H,6-8,19H2,1-3H3,(H2,20,27,28)(H,21,23,26);4-5,9-10,14-15H,6-8H2,1-3H3,(H2,19,20,27)(H,21,23,26);4-5,7,10-11,17H,3,6H2,1-2H3,(H,15,18,20);4H,3H2,1-2H3,(H,8,10);1-2H;2*1H4;1H/t11-,15?,16-,18-,33?;10-,14?,15-,17-;10-,14?,15-,17-,32?;7-,10?,11-,13-;;;;;/m1111...../s1/i;;;;;1D;;;. The van der Waals surface area contributed by atoms with Crippen molar-refractivity contribution in [2.45, 2.75) is 245 Å². The van der Waals surface area contributed by atoms with Gasteiger partial charge in [-0.05, 0) is 106 Å². The van der Waals surface area contributed by atoms with Gasteiger partial charge in [0.25, 0.3) is 22.2 Å². The molecule has 0 amide bonds. The summed E-state index contributed by atoms with van der Waals surface area (Å²) in [4.78, 5) is 204. The normalized spacial score (nSPS) is 26.9. The largest absolute Gasteiger partial charge is 0.462 e. The second-order valence-corrected chi connectivity index (χ2v) is 40.4. The summed E-state index contributed by atoms with van der Waals surface area (Å²) in [7, 11) is -12.6. The van der Waals surface area contributed by atoms with Gasteiger partial charge < -0.3 is 81.6 Å². The molecule has 4 aromatic heterocycles. The van der Waals surface area contributed by atoms with E-state index < -0.39 is 296 Å². The molecule has 772 valence electrons. The summed E-state index contributed by atoms with van der Waals surface area (Å²) in [6, 6.07) is 3.99. The topological polar surface area (TPSA) is 715 Å². The molecule has 4 aromatic rings. The van der Waals surface area contributed by atoms with Crippen LogP contribution in [-0.4, -0.2) is 258 Å². The Kier molecular flexibility index (Phi) is 47.7. The second-order valence-electron chi connectivity index (χ2n) is 30.4. The molecule has 62 heteroatoms. The number of terminal acetylenes is 1. The molecule has 15 N–H and O–H groups in total. The number of alkyl halides is 4. The van der Waals surface area contributed by atoms with E-state index in [0.717, 1.165) is 95.0 Å². The molecule has 5 aliphatic heterocycles. The van der Waals surface area contributed by atoms with Crippen LogP contribution in [0.1, 0.15) is 152 Å². The number of H-pyrrole nitrogens is 4. The van der Waals surface area contributed by atoms with Gasteiger partial charge in [0.15, 0.2) is 72.0 Å². The van der Waals surface area contributed by atoms with Crippen LogP contribution in [0.25, 0.3) is 0 Å². The van der Waals surface area contributed by atoms with Gasteiger partial charge in [-0.3, -0.25) is 114 Å². The zero-order chi connectivity index (χ0) is 103. The first-order valence-electron chi connectivity index (χ1n) is 40.4. The highest BCUT2D eigenvalue weighted by Gasteiger charge is 2.62. The lowest BCUT2D eigenvalue weighted by molar-refractivity contribution is -0.158. The molecule has 0 aliphatic carbocycles. The number of hydrogen-bond acceptors (Lipinski definition) is 37. The number of aromatic amines is 4. The zero-order valence-electron chi connectivity index (χ0n) is 75.1. The molecule has 0 radical (unpaired) electrons. The van der Waals surface area contributed by atoms with Gasteiger partial charge in [-0.1, -0.05) is 28.7 Å². The maximum atomic E-state index is 15.8. The summed E-state index contributed by atoms with van der Waals surface area (Å²) in [6.45, 7) is 14.8. The Morgan fingerprint density at radius 2 is 0.882 bits per heavy atom. The summed E-state index contributed by atoms with van der Waals surface area (Å²) in [5, 5.41) is 20.3. The van der Waals surface area contributed by atoms with Crippen molar-refractivity contribution in [2.75, 3.05) is 65.7 Å². The quantitative estimate of drug-likeness (QED) is 0.0106. The molecule has 5 fully saturated rings. The third-order valence-electron chi connectivity index (χ3n) is 18.0. The fraction of sp³-hybridized carbons (Fsp3) is 0.649. The van der Waals surface area contributed by atoms with Crippen molar-refractivity contribution < 1.29 is 157 Å². The predicted octanol–water partition coefficient (Wildman–Crippen LogP) is 1.50. The molecule has 9 rings (SSSR count). The van der Waals surface area contributed by atoms with Crippen LogP contribution >= 0.6 is 51.6 Å². The number of hydrogen-bond donors (Lipinski definition) is 13. The number of rotatable bonds is 33. The van der Waals surface area contributed by atoms with Crippen LogP contribution in [0, 0.1) is 12.8 Å². The van der Waals surface area contributed by atoms with E-state index in [9.17, 15) is 105 Å². The third-order valence-corrected chi connectivity index (χ3v) is 23.1. The summed E-state index contributed by atoms with van der Waals surface area (Å²) >= 11 is 10.2. The highest BCUT2D eigenvalue weighted by atomic mass is 35.9. The van der Waals surface area contributed by atoms with E-state index >= 15 is 17.6 Å². The van der Waals surface area contributed by atoms with Gasteiger partial charge in [-0.2, -0.15) is 0 Å². The van der Waals surface area contributed by atoms with E-state index in [1.54, 1.807) is 62.3 Å². The minimum Gasteiger partial charge on any atom is -0.462 e. The molecular weight excluding hydrogens is 1960 g/mol. The fourth-order valence-electron chi connectivity index (χ4n) is 12.2. The average molecular weight is 2080 g/mol. The molecule has 5 aliphatic rings. The Labute approximate surface area is 784 Å². The van der Waals surface area contributed by atoms with Gasteiger partial charge in [0, 0.05) is 63.3 Å². The number of aliphatic hydroxyl groups is 1. The van der Waals surface area contributed by atoms with Gasteiger partial charge in [-0.15, -0.1) is 12.8 Å². The smallest absolute Gasteiger partial charge is 0.403 e. The van der Waals surface area contributed by atoms with Crippen molar-refractivity contribution in [1.29, 1.82) is 0 Å². The Morgan fingerprint density at radius 3 is 1.22 bits per heavy atom. The number of aromatic nitrogens is 8. The number of fused-ring (bicyclic) bond motifs is 1. The Balaban J connectivity index is 0.000000875. The first-order chi connectivity index (χ1) is 62.5. The van der Waals surface area contributed by atoms with Crippen molar-refractivity contribution in [3.63, 3.8) is 0 Å². The van der Waals surface area contributed by atoms with E-state index in [1.165, 1.54) is 13.3 Å². The van der Waals surface area contributed by atoms with E-state index in [4.69, 9.17) is 106 Å². The van der Waals surface area contributed by atoms with Gasteiger partial charge in [-0.25, -0.2) is 72.2 Å². The zero-order valence-corrected chi connectivity index (χ0v) is 79.2. The van der Waals surface area contributed by atoms with Gasteiger partial charge in [0.2, 0.25) is 0 Å². The maximum absolute atomic E-state index is 15.8. The lowest BCUT2D eigenvalue weighted by Gasteiger charge is -2.27. The number of carbonyl (C=O) groups is 8. The van der Waals surface area contributed by atoms with Crippen LogP contribution in [0.2, 0.25) is 0 Å². The molecule has 0 spiro atoms. The van der Waals surface area contributed by atoms with Gasteiger partial charge in [0.05, 0.1) is 57.4 Å². The Bertz CT molecular complexity index is 5360. The lowest BCUT2D eigenvalue weighted by Crippen LogP contribution is -2.46. The lowest BCUT2D eigenvalue weighted by atomic mass is 9.98. The number of esters is 8. The van der Waals surface area contributed by atoms with Crippen LogP contribution in [0.15, 0.2) is 87.4 Å². The third kappa shape index (κ3) is 37.1. The maximum Gasteiger partial charge on any atom is 0.403 e. The molecule has 7 unspecified atom stereocenters. The highest BCUT2D eigenvalue weighted by Crippen LogP contribution is 2.52. The monoisotopic (exact) mass is 2080 g/mol. The molecule has 0 aromatic carbocycles. The van der Waals surface area contributed by atoms with Crippen LogP contribution < -0.4 is 81.7 Å². The van der Waals surface area contributed by atoms with E-state index in [1.807, 2.05) is 25.0 Å². The summed E-state index contributed by atoms with van der Waals surface area (Å²) < 4.78 is 196. The molecule has 52 nitrogen and oxygen atoms in total. The number of nitrogens with one attached hydrogen (secondary N) is 9. The molecule has 5 saturated heterocycles. The van der Waals surface area contributed by atoms with Crippen LogP contribution in [0.5, 0.6) is 0 Å². The highest BCUT2D eigenvalue weighted by molar-refractivity contribution is 8.07. The second kappa shape index (κ2) is 53.7. The van der Waals surface area contributed by atoms with Crippen LogP contribution in [-0.2, 0) is 127 Å². The molecule has 136 heavy (non-hydrogen) atoms. The number of ether oxygens (including phenoxy) is 12. The van der Waals surface area contributed by atoms with Gasteiger partial charge >= 0.3 is 99.6 Å². The molecule has 9 heterocycles. The first-order valence-corrected chi connectivity index (χ1v) is 48.3. The minimum atomic E-state index is -4.59. The minimum absolute atomic E-state index is 0. The predicted molar refractivity (Wildman–Crippen MR) is 472 cm³/mol. The van der Waals surface area contributed by atoms with Crippen molar-refractivity contribution in [3.05, 3.63) is 132 Å². The van der Waals surface area contributed by atoms with Crippen molar-refractivity contribution in [1.82, 2.24) is 63.6 Å². The number of nitrogens with zero attached hydrogens (tertiary/aromatic N) is 4. The van der Waals surface area contributed by atoms with E-state index in [0.29, 0.717) is 0 Å². The van der Waals surface area contributed by atoms with E-state index in [-0.39, 0.29) is 41.8 Å². The fourth-order valence-corrected chi connectivity index (χ4v) is 15.8. The van der Waals surface area contributed by atoms with Crippen molar-refractivity contribution in [3.8, 4) is 12.8 Å². The number of aliphatic hydroxyl groups excluding tert-OH is 1. The molecule has 19 atom stereocenters. The summed E-state index contributed by atoms with van der Waals surface area (Å²) in [5.41, 5.74) is -5.38. The summed E-state index contributed by atoms with van der Waals surface area (Å²) in [6.07, 6.45) is -9.22. The average Bonchev–Trinajstić information content (AvgIpc) is 1.61. The number of carbonyl (C=O) groups excluding carboxylic acids is 8. The van der Waals surface area contributed by atoms with Crippen LogP contribution in [0.3, 0.4) is 0 Å². The van der Waals surface area contributed by atoms with Gasteiger partial charge in [0.1, 0.15) is 58.5 Å². The first kappa shape index (κ1) is 121. The SMILES string of the molecule is C.C.CC(C)OC(=O)CNP(=O)(Cl)Cl.CC(C)OC(=O)CNP(=O)(O)OC[C@H]1O[C@@H](n2ccc(=O)[nH]c2=O)[C@](C)(F)C1OC(=O)CN.CC(C)OC(=O)CNP1(=O)NCC(=O)OC2[C@@H](CO1)O[C@@H](n1ccc(=O)[nH]c1=O)[C@]2(C)F.CCC(=O)OC1[C@@H](CO)O[C@@H](n2ccc(=O)[nH]c2=O)[C@]1(C)F.CCC(=O)OC1[C@@H](COP(N)(=O)NCC(=O)OC(C)C)O[C@@H](n2ccc(=O)[nH]c2=O)[C@]1(C)F.[2H]C#C.[HH]. The van der Waals surface area contributed by atoms with Crippen LogP contribution in [0.4, 0.5) is 17.6 Å². The van der Waals surface area contributed by atoms with Crippen molar-refractivity contribution in [2.24, 2.45) is 11.2 Å². The number of nitrogens with two attached hydrogens (primary N) is 2. The van der Waals surface area contributed by atoms with E-state index in [2.05, 4.69) is 26.8 Å². The molecular formula is C74H117Cl2F4N15O37P4. The Hall–Kier alpha value is -9.38. The molecule has 0 bridgehead atoms. The molecule has 0 saturated carbocycles.